The maximum Gasteiger partial charge on any atom is 0.335 e. The summed E-state index contributed by atoms with van der Waals surface area (Å²) in [5, 5.41) is 8.80. The quantitative estimate of drug-likeness (QED) is 0.865. The van der Waals surface area contributed by atoms with Gasteiger partial charge in [0.2, 0.25) is 0 Å². The number of benzene rings is 1. The first-order valence-corrected chi connectivity index (χ1v) is 8.04. The molecule has 108 valence electrons. The van der Waals surface area contributed by atoms with Crippen molar-refractivity contribution in [2.75, 3.05) is 24.6 Å². The Balaban J connectivity index is 2.12. The number of nitrogens with zero attached hydrogens (tertiary/aromatic N) is 1. The van der Waals surface area contributed by atoms with Crippen molar-refractivity contribution >= 4 is 21.7 Å². The van der Waals surface area contributed by atoms with Gasteiger partial charge in [-0.3, -0.25) is 4.79 Å². The van der Waals surface area contributed by atoms with Crippen molar-refractivity contribution in [2.45, 2.75) is 6.42 Å². The zero-order valence-corrected chi connectivity index (χ0v) is 11.6. The molecule has 6 nitrogen and oxygen atoms in total. The first kappa shape index (κ1) is 14.5. The third-order valence-electron chi connectivity index (χ3n) is 3.22. The molecule has 0 spiro atoms. The highest BCUT2D eigenvalue weighted by Crippen LogP contribution is 2.11. The Morgan fingerprint density at radius 3 is 2.20 bits per heavy atom. The van der Waals surface area contributed by atoms with E-state index in [4.69, 9.17) is 5.11 Å². The van der Waals surface area contributed by atoms with Gasteiger partial charge in [0.25, 0.3) is 5.91 Å². The van der Waals surface area contributed by atoms with E-state index < -0.39 is 15.8 Å². The van der Waals surface area contributed by atoms with Gasteiger partial charge in [-0.05, 0) is 30.7 Å². The van der Waals surface area contributed by atoms with Crippen LogP contribution in [0.1, 0.15) is 27.1 Å². The predicted molar refractivity (Wildman–Crippen MR) is 72.6 cm³/mol. The second-order valence-electron chi connectivity index (χ2n) is 4.68. The number of carbonyl (C=O) groups excluding carboxylic acids is 1. The molecular weight excluding hydrogens is 282 g/mol. The maximum absolute atomic E-state index is 12.2. The van der Waals surface area contributed by atoms with Crippen LogP contribution in [0.4, 0.5) is 0 Å². The van der Waals surface area contributed by atoms with Gasteiger partial charge in [0, 0.05) is 18.7 Å². The summed E-state index contributed by atoms with van der Waals surface area (Å²) in [6, 6.07) is 5.63. The molecule has 0 unspecified atom stereocenters. The molecule has 1 N–H and O–H groups in total. The van der Waals surface area contributed by atoms with Crippen LogP contribution in [-0.4, -0.2) is 54.9 Å². The number of sulfone groups is 1. The molecule has 2 rings (SSSR count). The lowest BCUT2D eigenvalue weighted by Crippen LogP contribution is -2.33. The lowest BCUT2D eigenvalue weighted by Gasteiger charge is -2.19. The highest BCUT2D eigenvalue weighted by molar-refractivity contribution is 7.91. The Kier molecular flexibility index (Phi) is 4.08. The molecule has 1 saturated heterocycles. The lowest BCUT2D eigenvalue weighted by molar-refractivity contribution is 0.0694. The number of rotatable bonds is 2. The fraction of sp³-hybridized carbons (Fsp3) is 0.385. The van der Waals surface area contributed by atoms with Crippen molar-refractivity contribution in [1.82, 2.24) is 4.90 Å². The first-order chi connectivity index (χ1) is 9.39. The van der Waals surface area contributed by atoms with Crippen molar-refractivity contribution in [2.24, 2.45) is 0 Å². The normalized spacial score (nSPS) is 18.3. The predicted octanol–water partition coefficient (Wildman–Crippen LogP) is 0.645. The molecule has 1 aliphatic heterocycles. The van der Waals surface area contributed by atoms with E-state index in [0.717, 1.165) is 0 Å². The van der Waals surface area contributed by atoms with Crippen molar-refractivity contribution in [3.05, 3.63) is 35.4 Å². The van der Waals surface area contributed by atoms with Gasteiger partial charge in [0.1, 0.15) is 0 Å². The molecule has 1 fully saturated rings. The fourth-order valence-corrected chi connectivity index (χ4v) is 3.35. The molecule has 0 radical (unpaired) electrons. The standard InChI is InChI=1S/C13H15NO5S/c15-12(10-2-4-11(5-3-10)13(16)17)14-6-1-8-20(18,19)9-7-14/h2-5H,1,6-9H2,(H,16,17). The van der Waals surface area contributed by atoms with Crippen LogP contribution in [0.2, 0.25) is 0 Å². The number of hydrogen-bond acceptors (Lipinski definition) is 4. The van der Waals surface area contributed by atoms with E-state index in [2.05, 4.69) is 0 Å². The first-order valence-electron chi connectivity index (χ1n) is 6.22. The van der Waals surface area contributed by atoms with E-state index in [-0.39, 0.29) is 29.5 Å². The minimum Gasteiger partial charge on any atom is -0.478 e. The average molecular weight is 297 g/mol. The SMILES string of the molecule is O=C(O)c1ccc(C(=O)N2CCCS(=O)(=O)CC2)cc1. The number of hydrogen-bond donors (Lipinski definition) is 1. The summed E-state index contributed by atoms with van der Waals surface area (Å²) < 4.78 is 23.0. The Hall–Kier alpha value is -1.89. The molecule has 1 aliphatic rings. The molecule has 0 aromatic heterocycles. The van der Waals surface area contributed by atoms with Crippen LogP contribution in [0, 0.1) is 0 Å². The summed E-state index contributed by atoms with van der Waals surface area (Å²) in [4.78, 5) is 24.5. The smallest absolute Gasteiger partial charge is 0.335 e. The van der Waals surface area contributed by atoms with E-state index in [1.54, 1.807) is 0 Å². The van der Waals surface area contributed by atoms with Crippen molar-refractivity contribution in [3.63, 3.8) is 0 Å². The van der Waals surface area contributed by atoms with Gasteiger partial charge < -0.3 is 10.0 Å². The summed E-state index contributed by atoms with van der Waals surface area (Å²) in [6.45, 7) is 0.584. The van der Waals surface area contributed by atoms with Crippen LogP contribution in [0.5, 0.6) is 0 Å². The number of amides is 1. The van der Waals surface area contributed by atoms with E-state index >= 15 is 0 Å². The van der Waals surface area contributed by atoms with Crippen LogP contribution in [-0.2, 0) is 9.84 Å². The Bertz CT molecular complexity index is 621. The number of aromatic carboxylic acids is 1. The minimum atomic E-state index is -3.06. The van der Waals surface area contributed by atoms with E-state index in [9.17, 15) is 18.0 Å². The zero-order valence-electron chi connectivity index (χ0n) is 10.8. The van der Waals surface area contributed by atoms with Gasteiger partial charge >= 0.3 is 5.97 Å². The third kappa shape index (κ3) is 3.36. The molecule has 0 aliphatic carbocycles. The number of carbonyl (C=O) groups is 2. The molecule has 1 amide bonds. The van der Waals surface area contributed by atoms with E-state index in [0.29, 0.717) is 18.5 Å². The van der Waals surface area contributed by atoms with Crippen LogP contribution in [0.3, 0.4) is 0 Å². The van der Waals surface area contributed by atoms with Gasteiger partial charge in [-0.2, -0.15) is 0 Å². The second kappa shape index (κ2) is 5.62. The maximum atomic E-state index is 12.2. The highest BCUT2D eigenvalue weighted by Gasteiger charge is 2.23. The van der Waals surface area contributed by atoms with E-state index in [1.165, 1.54) is 29.2 Å². The topological polar surface area (TPSA) is 91.8 Å². The van der Waals surface area contributed by atoms with Gasteiger partial charge in [-0.15, -0.1) is 0 Å². The Morgan fingerprint density at radius 2 is 1.60 bits per heavy atom. The van der Waals surface area contributed by atoms with Crippen molar-refractivity contribution < 1.29 is 23.1 Å². The molecule has 1 heterocycles. The van der Waals surface area contributed by atoms with Crippen LogP contribution >= 0.6 is 0 Å². The summed E-state index contributed by atoms with van der Waals surface area (Å²) in [7, 11) is -3.06. The molecule has 7 heteroatoms. The molecule has 1 aromatic rings. The largest absolute Gasteiger partial charge is 0.478 e. The van der Waals surface area contributed by atoms with Gasteiger partial charge in [0.15, 0.2) is 9.84 Å². The second-order valence-corrected chi connectivity index (χ2v) is 6.98. The lowest BCUT2D eigenvalue weighted by atomic mass is 10.1. The van der Waals surface area contributed by atoms with Crippen molar-refractivity contribution in [3.8, 4) is 0 Å². The molecule has 20 heavy (non-hydrogen) atoms. The molecular formula is C13H15NO5S. The van der Waals surface area contributed by atoms with Gasteiger partial charge in [-0.25, -0.2) is 13.2 Å². The molecule has 1 aromatic carbocycles. The summed E-state index contributed by atoms with van der Waals surface area (Å²) in [5.74, 6) is -1.23. The average Bonchev–Trinajstić information content (AvgIpc) is 2.59. The third-order valence-corrected chi connectivity index (χ3v) is 4.94. The Labute approximate surface area is 116 Å². The van der Waals surface area contributed by atoms with Crippen LogP contribution in [0.15, 0.2) is 24.3 Å². The Morgan fingerprint density at radius 1 is 1.00 bits per heavy atom. The monoisotopic (exact) mass is 297 g/mol. The minimum absolute atomic E-state index is 0.0219. The van der Waals surface area contributed by atoms with Crippen molar-refractivity contribution in [1.29, 1.82) is 0 Å². The molecule has 0 atom stereocenters. The van der Waals surface area contributed by atoms with Gasteiger partial charge in [0.05, 0.1) is 17.1 Å². The van der Waals surface area contributed by atoms with E-state index in [1.807, 2.05) is 0 Å². The fourth-order valence-electron chi connectivity index (χ4n) is 2.08. The van der Waals surface area contributed by atoms with Gasteiger partial charge in [-0.1, -0.05) is 0 Å². The number of carboxylic acid groups (broad SMARTS) is 1. The molecule has 0 bridgehead atoms. The van der Waals surface area contributed by atoms with Crippen LogP contribution < -0.4 is 0 Å². The summed E-state index contributed by atoms with van der Waals surface area (Å²) in [5.41, 5.74) is 0.481. The molecule has 0 saturated carbocycles. The summed E-state index contributed by atoms with van der Waals surface area (Å²) >= 11 is 0. The van der Waals surface area contributed by atoms with Crippen LogP contribution in [0.25, 0.3) is 0 Å². The zero-order chi connectivity index (χ0) is 14.8. The summed E-state index contributed by atoms with van der Waals surface area (Å²) in [6.07, 6.45) is 0.432. The number of carboxylic acids is 1. The highest BCUT2D eigenvalue weighted by atomic mass is 32.2.